The SMILES string of the molecule is CCC(CCC#N)CCC#N. The number of rotatable bonds is 5. The summed E-state index contributed by atoms with van der Waals surface area (Å²) in [7, 11) is 0. The molecule has 0 N–H and O–H groups in total. The van der Waals surface area contributed by atoms with Crippen LogP contribution in [0.4, 0.5) is 0 Å². The van der Waals surface area contributed by atoms with Crippen molar-refractivity contribution in [3.8, 4) is 12.1 Å². The molecule has 2 nitrogen and oxygen atoms in total. The molecule has 0 unspecified atom stereocenters. The summed E-state index contributed by atoms with van der Waals surface area (Å²) in [6.07, 6.45) is 4.25. The van der Waals surface area contributed by atoms with Crippen LogP contribution >= 0.6 is 0 Å². The molecule has 0 aromatic heterocycles. The lowest BCUT2D eigenvalue weighted by Gasteiger charge is -2.09. The van der Waals surface area contributed by atoms with E-state index in [4.69, 9.17) is 10.5 Å². The third-order valence-electron chi connectivity index (χ3n) is 1.91. The van der Waals surface area contributed by atoms with Crippen LogP contribution in [0.5, 0.6) is 0 Å². The Bertz CT molecular complexity index is 143. The Morgan fingerprint density at radius 2 is 1.55 bits per heavy atom. The number of nitrogens with zero attached hydrogens (tertiary/aromatic N) is 2. The summed E-state index contributed by atoms with van der Waals surface area (Å²) in [5, 5.41) is 16.6. The molecule has 0 aromatic rings. The molecule has 0 aliphatic carbocycles. The first-order valence-electron chi connectivity index (χ1n) is 4.09. The molecular weight excluding hydrogens is 136 g/mol. The Labute approximate surface area is 68.4 Å². The third-order valence-corrected chi connectivity index (χ3v) is 1.91. The number of nitriles is 2. The molecule has 0 saturated carbocycles. The summed E-state index contributed by atoms with van der Waals surface area (Å²) in [5.74, 6) is 0.578. The van der Waals surface area contributed by atoms with E-state index >= 15 is 0 Å². The van der Waals surface area contributed by atoms with Crippen molar-refractivity contribution in [2.45, 2.75) is 39.0 Å². The molecule has 0 aromatic carbocycles. The summed E-state index contributed by atoms with van der Waals surface area (Å²) >= 11 is 0. The highest BCUT2D eigenvalue weighted by molar-refractivity contribution is 4.75. The second-order valence-corrected chi connectivity index (χ2v) is 2.67. The van der Waals surface area contributed by atoms with Crippen molar-refractivity contribution in [1.29, 1.82) is 10.5 Å². The molecule has 60 valence electrons. The van der Waals surface area contributed by atoms with Gasteiger partial charge in [-0.25, -0.2) is 0 Å². The fourth-order valence-corrected chi connectivity index (χ4v) is 1.09. The van der Waals surface area contributed by atoms with E-state index in [2.05, 4.69) is 19.1 Å². The van der Waals surface area contributed by atoms with Gasteiger partial charge >= 0.3 is 0 Å². The maximum atomic E-state index is 8.32. The van der Waals surface area contributed by atoms with E-state index in [-0.39, 0.29) is 0 Å². The number of hydrogen-bond acceptors (Lipinski definition) is 2. The van der Waals surface area contributed by atoms with Crippen molar-refractivity contribution < 1.29 is 0 Å². The zero-order chi connectivity index (χ0) is 8.53. The number of hydrogen-bond donors (Lipinski definition) is 0. The zero-order valence-electron chi connectivity index (χ0n) is 7.01. The van der Waals surface area contributed by atoms with Crippen LogP contribution in [0.2, 0.25) is 0 Å². The molecule has 0 aliphatic rings. The van der Waals surface area contributed by atoms with Gasteiger partial charge in [-0.1, -0.05) is 13.3 Å². The quantitative estimate of drug-likeness (QED) is 0.604. The predicted molar refractivity (Wildman–Crippen MR) is 43.5 cm³/mol. The lowest BCUT2D eigenvalue weighted by molar-refractivity contribution is 0.448. The van der Waals surface area contributed by atoms with E-state index in [0.29, 0.717) is 18.8 Å². The summed E-state index contributed by atoms with van der Waals surface area (Å²) < 4.78 is 0. The van der Waals surface area contributed by atoms with Crippen LogP contribution < -0.4 is 0 Å². The lowest BCUT2D eigenvalue weighted by Crippen LogP contribution is -1.97. The minimum Gasteiger partial charge on any atom is -0.198 e. The topological polar surface area (TPSA) is 47.6 Å². The van der Waals surface area contributed by atoms with Gasteiger partial charge in [0.15, 0.2) is 0 Å². The van der Waals surface area contributed by atoms with Crippen molar-refractivity contribution in [2.75, 3.05) is 0 Å². The van der Waals surface area contributed by atoms with Gasteiger partial charge in [-0.05, 0) is 18.8 Å². The van der Waals surface area contributed by atoms with Crippen LogP contribution in [0.3, 0.4) is 0 Å². The standard InChI is InChI=1S/C9H14N2/c1-2-9(5-3-7-10)6-4-8-11/h9H,2-6H2,1H3. The molecular formula is C9H14N2. The second kappa shape index (κ2) is 7.09. The molecule has 0 amide bonds. The molecule has 0 saturated heterocycles. The van der Waals surface area contributed by atoms with Gasteiger partial charge in [0, 0.05) is 12.8 Å². The molecule has 2 heteroatoms. The molecule has 0 heterocycles. The van der Waals surface area contributed by atoms with E-state index in [1.54, 1.807) is 0 Å². The fraction of sp³-hybridized carbons (Fsp3) is 0.778. The van der Waals surface area contributed by atoms with Crippen LogP contribution in [0.15, 0.2) is 0 Å². The van der Waals surface area contributed by atoms with Crippen molar-refractivity contribution in [3.63, 3.8) is 0 Å². The molecule has 0 atom stereocenters. The molecule has 0 bridgehead atoms. The highest BCUT2D eigenvalue weighted by Gasteiger charge is 2.04. The first kappa shape index (κ1) is 9.98. The van der Waals surface area contributed by atoms with E-state index in [0.717, 1.165) is 19.3 Å². The lowest BCUT2D eigenvalue weighted by atomic mass is 9.96. The average Bonchev–Trinajstić information content (AvgIpc) is 2.05. The van der Waals surface area contributed by atoms with E-state index in [1.807, 2.05) is 0 Å². The summed E-state index contributed by atoms with van der Waals surface area (Å²) in [6, 6.07) is 4.25. The maximum absolute atomic E-state index is 8.32. The van der Waals surface area contributed by atoms with Gasteiger partial charge in [0.25, 0.3) is 0 Å². The summed E-state index contributed by atoms with van der Waals surface area (Å²) in [5.41, 5.74) is 0. The zero-order valence-corrected chi connectivity index (χ0v) is 7.01. The molecule has 0 fully saturated rings. The third kappa shape index (κ3) is 5.43. The fourth-order valence-electron chi connectivity index (χ4n) is 1.09. The van der Waals surface area contributed by atoms with Gasteiger partial charge in [-0.15, -0.1) is 0 Å². The second-order valence-electron chi connectivity index (χ2n) is 2.67. The Morgan fingerprint density at radius 1 is 1.09 bits per heavy atom. The normalized spacial score (nSPS) is 9.09. The Balaban J connectivity index is 3.44. The van der Waals surface area contributed by atoms with Gasteiger partial charge in [-0.3, -0.25) is 0 Å². The van der Waals surface area contributed by atoms with Gasteiger partial charge in [0.2, 0.25) is 0 Å². The first-order chi connectivity index (χ1) is 5.35. The monoisotopic (exact) mass is 150 g/mol. The van der Waals surface area contributed by atoms with Crippen molar-refractivity contribution >= 4 is 0 Å². The Kier molecular flexibility index (Phi) is 6.43. The van der Waals surface area contributed by atoms with Crippen LogP contribution in [-0.4, -0.2) is 0 Å². The summed E-state index contributed by atoms with van der Waals surface area (Å²) in [4.78, 5) is 0. The molecule has 0 rings (SSSR count). The van der Waals surface area contributed by atoms with Gasteiger partial charge in [0.1, 0.15) is 0 Å². The van der Waals surface area contributed by atoms with E-state index in [9.17, 15) is 0 Å². The van der Waals surface area contributed by atoms with Crippen LogP contribution in [0.25, 0.3) is 0 Å². The Hall–Kier alpha value is -1.02. The van der Waals surface area contributed by atoms with Gasteiger partial charge in [0.05, 0.1) is 12.1 Å². The van der Waals surface area contributed by atoms with Crippen LogP contribution in [0, 0.1) is 28.6 Å². The maximum Gasteiger partial charge on any atom is 0.0621 e. The average molecular weight is 150 g/mol. The van der Waals surface area contributed by atoms with Crippen LogP contribution in [-0.2, 0) is 0 Å². The minimum absolute atomic E-state index is 0.578. The van der Waals surface area contributed by atoms with Crippen molar-refractivity contribution in [3.05, 3.63) is 0 Å². The molecule has 0 aliphatic heterocycles. The highest BCUT2D eigenvalue weighted by Crippen LogP contribution is 2.16. The molecule has 11 heavy (non-hydrogen) atoms. The predicted octanol–water partition coefficient (Wildman–Crippen LogP) is 2.62. The van der Waals surface area contributed by atoms with Crippen LogP contribution in [0.1, 0.15) is 39.0 Å². The molecule has 0 radical (unpaired) electrons. The highest BCUT2D eigenvalue weighted by atomic mass is 14.2. The van der Waals surface area contributed by atoms with Crippen molar-refractivity contribution in [1.82, 2.24) is 0 Å². The minimum atomic E-state index is 0.578. The van der Waals surface area contributed by atoms with E-state index in [1.165, 1.54) is 0 Å². The van der Waals surface area contributed by atoms with E-state index < -0.39 is 0 Å². The van der Waals surface area contributed by atoms with Crippen molar-refractivity contribution in [2.24, 2.45) is 5.92 Å². The smallest absolute Gasteiger partial charge is 0.0621 e. The first-order valence-corrected chi connectivity index (χ1v) is 4.09. The Morgan fingerprint density at radius 3 is 1.82 bits per heavy atom. The van der Waals surface area contributed by atoms with Gasteiger partial charge < -0.3 is 0 Å². The van der Waals surface area contributed by atoms with Gasteiger partial charge in [-0.2, -0.15) is 10.5 Å². The molecule has 0 spiro atoms. The largest absolute Gasteiger partial charge is 0.198 e. The summed E-state index contributed by atoms with van der Waals surface area (Å²) in [6.45, 7) is 2.11.